The lowest BCUT2D eigenvalue weighted by Gasteiger charge is -2.43. The van der Waals surface area contributed by atoms with Crippen molar-refractivity contribution < 1.29 is 53.3 Å². The second-order valence-electron chi connectivity index (χ2n) is 5.15. The average Bonchev–Trinajstić information content (AvgIpc) is 2.43. The highest BCUT2D eigenvalue weighted by molar-refractivity contribution is 7.46. The predicted molar refractivity (Wildman–Crippen MR) is 74.5 cm³/mol. The zero-order chi connectivity index (χ0) is 18.7. The first kappa shape index (κ1) is 20.9. The van der Waals surface area contributed by atoms with E-state index >= 15 is 0 Å². The number of ether oxygens (including phenoxy) is 2. The van der Waals surface area contributed by atoms with Gasteiger partial charge in [0.1, 0.15) is 24.4 Å². The van der Waals surface area contributed by atoms with Gasteiger partial charge in [-0.1, -0.05) is 0 Å². The third kappa shape index (κ3) is 6.07. The van der Waals surface area contributed by atoms with Crippen LogP contribution in [-0.4, -0.2) is 80.3 Å². The van der Waals surface area contributed by atoms with E-state index in [2.05, 4.69) is 9.84 Å². The molecule has 0 aromatic heterocycles. The first-order valence-corrected chi connectivity index (χ1v) is 8.32. The SMILES string of the molecule is CC(=O)N[C@@H]1[C@@H](O[C@H](C)C(=O)O)[C@H](O)[C@@H](COP(=O)(O)O)O[C@H]1O. The van der Waals surface area contributed by atoms with Gasteiger partial charge in [0.05, 0.1) is 6.61 Å². The smallest absolute Gasteiger partial charge is 0.469 e. The Bertz CT molecular complexity index is 508. The van der Waals surface area contributed by atoms with Gasteiger partial charge in [-0.3, -0.25) is 9.32 Å². The molecule has 0 aromatic carbocycles. The van der Waals surface area contributed by atoms with Gasteiger partial charge in [0.15, 0.2) is 12.4 Å². The number of hydrogen-bond acceptors (Lipinski definition) is 8. The summed E-state index contributed by atoms with van der Waals surface area (Å²) in [4.78, 5) is 39.5. The highest BCUT2D eigenvalue weighted by Crippen LogP contribution is 2.37. The summed E-state index contributed by atoms with van der Waals surface area (Å²) in [5.74, 6) is -1.95. The number of aliphatic hydroxyl groups excluding tert-OH is 2. The summed E-state index contributed by atoms with van der Waals surface area (Å²) in [5.41, 5.74) is 0. The Morgan fingerprint density at radius 3 is 2.38 bits per heavy atom. The number of aliphatic carboxylic acids is 1. The molecule has 0 spiro atoms. The van der Waals surface area contributed by atoms with Gasteiger partial charge in [-0.05, 0) is 6.92 Å². The lowest BCUT2D eigenvalue weighted by molar-refractivity contribution is -0.266. The molecule has 0 saturated carbocycles. The number of carboxylic acids is 1. The molecule has 0 aliphatic carbocycles. The van der Waals surface area contributed by atoms with Crippen LogP contribution in [0.15, 0.2) is 0 Å². The third-order valence-electron chi connectivity index (χ3n) is 3.18. The molecule has 13 heteroatoms. The van der Waals surface area contributed by atoms with Gasteiger partial charge in [0.2, 0.25) is 5.91 Å². The fourth-order valence-corrected chi connectivity index (χ4v) is 2.43. The Morgan fingerprint density at radius 1 is 1.33 bits per heavy atom. The number of hydrogen-bond donors (Lipinski definition) is 6. The molecule has 1 amide bonds. The molecule has 1 rings (SSSR count). The third-order valence-corrected chi connectivity index (χ3v) is 3.66. The van der Waals surface area contributed by atoms with Crippen molar-refractivity contribution in [1.29, 1.82) is 0 Å². The Morgan fingerprint density at radius 2 is 1.92 bits per heavy atom. The topological polar surface area (TPSA) is 192 Å². The molecule has 0 unspecified atom stereocenters. The maximum atomic E-state index is 11.2. The molecule has 0 radical (unpaired) electrons. The van der Waals surface area contributed by atoms with Gasteiger partial charge in [-0.15, -0.1) is 0 Å². The van der Waals surface area contributed by atoms with E-state index in [0.29, 0.717) is 0 Å². The zero-order valence-corrected chi connectivity index (χ0v) is 13.7. The van der Waals surface area contributed by atoms with Crippen LogP contribution in [0.25, 0.3) is 0 Å². The van der Waals surface area contributed by atoms with Crippen LogP contribution in [0.3, 0.4) is 0 Å². The lowest BCUT2D eigenvalue weighted by atomic mass is 9.96. The Kier molecular flexibility index (Phi) is 7.25. The van der Waals surface area contributed by atoms with E-state index < -0.39 is 63.1 Å². The minimum atomic E-state index is -4.86. The first-order chi connectivity index (χ1) is 10.9. The standard InChI is InChI=1S/C11H20NO11P/c1-4(10(15)16)22-9-7(12-5(2)13)11(17)23-6(8(9)14)3-21-24(18,19)20/h4,6-9,11,14,17H,3H2,1-2H3,(H,12,13)(H,15,16)(H2,18,19,20)/t4-,6-,7-,8-,9-,11-/m1/s1. The van der Waals surface area contributed by atoms with Crippen LogP contribution >= 0.6 is 7.82 Å². The Balaban J connectivity index is 2.95. The number of nitrogens with one attached hydrogen (secondary N) is 1. The van der Waals surface area contributed by atoms with E-state index in [9.17, 15) is 24.4 Å². The minimum absolute atomic E-state index is 0.601. The van der Waals surface area contributed by atoms with Crippen molar-refractivity contribution in [2.24, 2.45) is 0 Å². The summed E-state index contributed by atoms with van der Waals surface area (Å²) in [7, 11) is -4.86. The average molecular weight is 373 g/mol. The molecule has 6 atom stereocenters. The van der Waals surface area contributed by atoms with Gasteiger partial charge in [0, 0.05) is 6.92 Å². The lowest BCUT2D eigenvalue weighted by Crippen LogP contribution is -2.65. The summed E-state index contributed by atoms with van der Waals surface area (Å²) in [6, 6.07) is -1.30. The molecule has 0 aromatic rings. The van der Waals surface area contributed by atoms with Gasteiger partial charge in [-0.25, -0.2) is 9.36 Å². The van der Waals surface area contributed by atoms with E-state index in [1.54, 1.807) is 0 Å². The van der Waals surface area contributed by atoms with Gasteiger partial charge < -0.3 is 39.9 Å². The molecule has 6 N–H and O–H groups in total. The molecule has 1 fully saturated rings. The molecule has 1 heterocycles. The van der Waals surface area contributed by atoms with Crippen molar-refractivity contribution in [3.05, 3.63) is 0 Å². The van der Waals surface area contributed by atoms with Crippen LogP contribution in [0.5, 0.6) is 0 Å². The van der Waals surface area contributed by atoms with E-state index in [4.69, 9.17) is 24.4 Å². The first-order valence-electron chi connectivity index (χ1n) is 6.79. The highest BCUT2D eigenvalue weighted by atomic mass is 31.2. The van der Waals surface area contributed by atoms with Crippen LogP contribution in [0.1, 0.15) is 13.8 Å². The number of rotatable bonds is 7. The number of amides is 1. The number of carbonyl (C=O) groups is 2. The molecule has 24 heavy (non-hydrogen) atoms. The molecule has 1 aliphatic heterocycles. The van der Waals surface area contributed by atoms with Crippen LogP contribution in [0.2, 0.25) is 0 Å². The summed E-state index contributed by atoms with van der Waals surface area (Å²) >= 11 is 0. The summed E-state index contributed by atoms with van der Waals surface area (Å²) in [6.45, 7) is 1.50. The van der Waals surface area contributed by atoms with Crippen LogP contribution in [-0.2, 0) is 28.2 Å². The van der Waals surface area contributed by atoms with Crippen molar-refractivity contribution in [3.8, 4) is 0 Å². The predicted octanol–water partition coefficient (Wildman–Crippen LogP) is -2.46. The number of phosphoric acid groups is 1. The highest BCUT2D eigenvalue weighted by Gasteiger charge is 2.47. The van der Waals surface area contributed by atoms with Crippen molar-refractivity contribution in [3.63, 3.8) is 0 Å². The molecule has 12 nitrogen and oxygen atoms in total. The monoisotopic (exact) mass is 373 g/mol. The fraction of sp³-hybridized carbons (Fsp3) is 0.818. The summed E-state index contributed by atoms with van der Waals surface area (Å²) < 4.78 is 25.1. The van der Waals surface area contributed by atoms with E-state index in [0.717, 1.165) is 6.92 Å². The van der Waals surface area contributed by atoms with E-state index in [-0.39, 0.29) is 0 Å². The number of aliphatic hydroxyl groups is 2. The van der Waals surface area contributed by atoms with Gasteiger partial charge >= 0.3 is 13.8 Å². The fourth-order valence-electron chi connectivity index (χ4n) is 2.09. The van der Waals surface area contributed by atoms with Gasteiger partial charge in [0.25, 0.3) is 0 Å². The summed E-state index contributed by atoms with van der Waals surface area (Å²) in [6.07, 6.45) is -7.61. The molecule has 140 valence electrons. The van der Waals surface area contributed by atoms with E-state index in [1.165, 1.54) is 6.92 Å². The quantitative estimate of drug-likeness (QED) is 0.259. The van der Waals surface area contributed by atoms with Crippen molar-refractivity contribution in [2.75, 3.05) is 6.61 Å². The largest absolute Gasteiger partial charge is 0.479 e. The molecule has 1 saturated heterocycles. The normalized spacial score (nSPS) is 32.2. The van der Waals surface area contributed by atoms with Gasteiger partial charge in [-0.2, -0.15) is 0 Å². The van der Waals surface area contributed by atoms with Crippen molar-refractivity contribution >= 4 is 19.7 Å². The van der Waals surface area contributed by atoms with Crippen LogP contribution < -0.4 is 5.32 Å². The van der Waals surface area contributed by atoms with E-state index in [1.807, 2.05) is 0 Å². The van der Waals surface area contributed by atoms with Crippen molar-refractivity contribution in [2.45, 2.75) is 50.6 Å². The Labute approximate surface area is 136 Å². The van der Waals surface area contributed by atoms with Crippen molar-refractivity contribution in [1.82, 2.24) is 5.32 Å². The molecule has 0 bridgehead atoms. The molecular weight excluding hydrogens is 353 g/mol. The van der Waals surface area contributed by atoms with Crippen LogP contribution in [0, 0.1) is 0 Å². The van der Waals surface area contributed by atoms with Crippen LogP contribution in [0.4, 0.5) is 0 Å². The summed E-state index contributed by atoms with van der Waals surface area (Å²) in [5, 5.41) is 31.3. The number of phosphoric ester groups is 1. The minimum Gasteiger partial charge on any atom is -0.479 e. The second kappa shape index (κ2) is 8.32. The Hall–Kier alpha value is -1.11. The zero-order valence-electron chi connectivity index (χ0n) is 12.8. The maximum Gasteiger partial charge on any atom is 0.469 e. The second-order valence-corrected chi connectivity index (χ2v) is 6.39. The molecule has 1 aliphatic rings. The maximum absolute atomic E-state index is 11.2. The number of carboxylic acid groups (broad SMARTS) is 1. The molecular formula is C11H20NO11P. The number of carbonyl (C=O) groups excluding carboxylic acids is 1.